The van der Waals surface area contributed by atoms with Gasteiger partial charge in [0.05, 0.1) is 15.7 Å². The van der Waals surface area contributed by atoms with Gasteiger partial charge >= 0.3 is 5.97 Å². The molecular formula is C25H30Cl2N2O4. The third-order valence-corrected chi connectivity index (χ3v) is 7.05. The van der Waals surface area contributed by atoms with E-state index in [9.17, 15) is 4.79 Å². The van der Waals surface area contributed by atoms with E-state index in [2.05, 4.69) is 9.80 Å². The van der Waals surface area contributed by atoms with Crippen LogP contribution in [0.5, 0.6) is 11.5 Å². The first-order chi connectivity index (χ1) is 16.0. The SMILES string of the molecule is CC(=O)OOc1ccccc1N1CCC(CN2CCC(Oc3ccc(Cl)c(Cl)c3)CC2)CC1. The zero-order valence-electron chi connectivity index (χ0n) is 18.8. The number of benzene rings is 2. The fourth-order valence-electron chi connectivity index (χ4n) is 4.57. The number of para-hydroxylation sites is 2. The summed E-state index contributed by atoms with van der Waals surface area (Å²) in [5.41, 5.74) is 0.970. The molecule has 6 nitrogen and oxygen atoms in total. The molecule has 2 fully saturated rings. The smallest absolute Gasteiger partial charge is 0.352 e. The highest BCUT2D eigenvalue weighted by Crippen LogP contribution is 2.32. The van der Waals surface area contributed by atoms with E-state index in [-0.39, 0.29) is 6.10 Å². The number of rotatable bonds is 7. The van der Waals surface area contributed by atoms with Gasteiger partial charge < -0.3 is 14.5 Å². The van der Waals surface area contributed by atoms with Crippen LogP contribution in [0.25, 0.3) is 0 Å². The predicted molar refractivity (Wildman–Crippen MR) is 130 cm³/mol. The van der Waals surface area contributed by atoms with Crippen molar-refractivity contribution in [3.05, 3.63) is 52.5 Å². The lowest BCUT2D eigenvalue weighted by atomic mass is 9.94. The molecule has 0 amide bonds. The molecule has 8 heteroatoms. The lowest BCUT2D eigenvalue weighted by Gasteiger charge is -2.38. The van der Waals surface area contributed by atoms with Crippen molar-refractivity contribution < 1.29 is 19.3 Å². The van der Waals surface area contributed by atoms with E-state index >= 15 is 0 Å². The highest BCUT2D eigenvalue weighted by molar-refractivity contribution is 6.42. The van der Waals surface area contributed by atoms with Crippen molar-refractivity contribution in [1.29, 1.82) is 0 Å². The van der Waals surface area contributed by atoms with E-state index in [0.29, 0.717) is 21.7 Å². The number of nitrogens with zero attached hydrogens (tertiary/aromatic N) is 2. The molecule has 4 rings (SSSR count). The van der Waals surface area contributed by atoms with Crippen LogP contribution in [-0.2, 0) is 9.68 Å². The van der Waals surface area contributed by atoms with E-state index in [1.807, 2.05) is 30.3 Å². The Morgan fingerprint density at radius 2 is 1.70 bits per heavy atom. The van der Waals surface area contributed by atoms with Crippen LogP contribution in [0.2, 0.25) is 10.0 Å². The minimum absolute atomic E-state index is 0.217. The first-order valence-corrected chi connectivity index (χ1v) is 12.3. The Bertz CT molecular complexity index is 942. The number of hydrogen-bond donors (Lipinski definition) is 0. The molecule has 2 aliphatic heterocycles. The highest BCUT2D eigenvalue weighted by Gasteiger charge is 2.26. The molecular weight excluding hydrogens is 463 g/mol. The molecule has 2 aliphatic rings. The molecule has 2 saturated heterocycles. The first-order valence-electron chi connectivity index (χ1n) is 11.5. The van der Waals surface area contributed by atoms with Crippen LogP contribution < -0.4 is 14.5 Å². The predicted octanol–water partition coefficient (Wildman–Crippen LogP) is 5.61. The van der Waals surface area contributed by atoms with Gasteiger partial charge in [0.15, 0.2) is 0 Å². The van der Waals surface area contributed by atoms with Crippen LogP contribution >= 0.6 is 23.2 Å². The summed E-state index contributed by atoms with van der Waals surface area (Å²) in [4.78, 5) is 25.9. The second-order valence-electron chi connectivity index (χ2n) is 8.75. The van der Waals surface area contributed by atoms with E-state index in [4.69, 9.17) is 37.7 Å². The molecule has 0 atom stereocenters. The number of carbonyl (C=O) groups excluding carboxylic acids is 1. The Morgan fingerprint density at radius 1 is 0.970 bits per heavy atom. The van der Waals surface area contributed by atoms with Crippen LogP contribution in [0.1, 0.15) is 32.6 Å². The third-order valence-electron chi connectivity index (χ3n) is 6.31. The second kappa shape index (κ2) is 11.3. The minimum atomic E-state index is -0.463. The van der Waals surface area contributed by atoms with Crippen molar-refractivity contribution in [1.82, 2.24) is 4.90 Å². The van der Waals surface area contributed by atoms with Gasteiger partial charge in [-0.2, -0.15) is 0 Å². The Balaban J connectivity index is 1.21. The van der Waals surface area contributed by atoms with E-state index in [1.165, 1.54) is 6.92 Å². The summed E-state index contributed by atoms with van der Waals surface area (Å²) < 4.78 is 6.12. The maximum atomic E-state index is 11.1. The van der Waals surface area contributed by atoms with Gasteiger partial charge in [0.1, 0.15) is 11.9 Å². The Labute approximate surface area is 205 Å². The zero-order valence-corrected chi connectivity index (χ0v) is 20.4. The number of halogens is 2. The maximum absolute atomic E-state index is 11.1. The van der Waals surface area contributed by atoms with Crippen LogP contribution in [0.15, 0.2) is 42.5 Å². The van der Waals surface area contributed by atoms with Gasteiger partial charge in [-0.25, -0.2) is 4.79 Å². The summed E-state index contributed by atoms with van der Waals surface area (Å²) >= 11 is 12.1. The number of ether oxygens (including phenoxy) is 1. The van der Waals surface area contributed by atoms with Gasteiger partial charge in [0.25, 0.3) is 0 Å². The number of carbonyl (C=O) groups is 1. The molecule has 2 heterocycles. The van der Waals surface area contributed by atoms with Crippen LogP contribution in [0, 0.1) is 5.92 Å². The van der Waals surface area contributed by atoms with E-state index in [0.717, 1.165) is 69.8 Å². The number of piperidine rings is 2. The normalized spacial score (nSPS) is 18.2. The summed E-state index contributed by atoms with van der Waals surface area (Å²) in [6.07, 6.45) is 4.50. The standard InChI is InChI=1S/C25H30Cl2N2O4/c1-18(30)32-33-25-5-3-2-4-24(25)29-14-8-19(9-15-29)17-28-12-10-20(11-13-28)31-21-6-7-22(26)23(27)16-21/h2-7,16,19-20H,8-15,17H2,1H3. The van der Waals surface area contributed by atoms with Gasteiger partial charge in [-0.15, -0.1) is 0 Å². The van der Waals surface area contributed by atoms with Crippen molar-refractivity contribution in [3.8, 4) is 11.5 Å². The molecule has 0 saturated carbocycles. The average molecular weight is 493 g/mol. The molecule has 0 N–H and O–H groups in total. The number of hydrogen-bond acceptors (Lipinski definition) is 6. The largest absolute Gasteiger partial charge is 0.490 e. The second-order valence-corrected chi connectivity index (χ2v) is 9.56. The van der Waals surface area contributed by atoms with E-state index in [1.54, 1.807) is 12.1 Å². The Morgan fingerprint density at radius 3 is 2.39 bits per heavy atom. The van der Waals surface area contributed by atoms with Gasteiger partial charge in [-0.1, -0.05) is 35.3 Å². The fourth-order valence-corrected chi connectivity index (χ4v) is 4.85. The number of likely N-dealkylation sites (tertiary alicyclic amines) is 1. The van der Waals surface area contributed by atoms with Crippen LogP contribution in [0.4, 0.5) is 5.69 Å². The molecule has 0 aromatic heterocycles. The third kappa shape index (κ3) is 6.69. The van der Waals surface area contributed by atoms with Gasteiger partial charge in [-0.3, -0.25) is 9.78 Å². The van der Waals surface area contributed by atoms with Crippen molar-refractivity contribution in [2.24, 2.45) is 5.92 Å². The highest BCUT2D eigenvalue weighted by atomic mass is 35.5. The molecule has 2 aromatic rings. The topological polar surface area (TPSA) is 51.2 Å². The summed E-state index contributed by atoms with van der Waals surface area (Å²) in [6, 6.07) is 13.1. The monoisotopic (exact) mass is 492 g/mol. The fraction of sp³-hybridized carbons (Fsp3) is 0.480. The zero-order chi connectivity index (χ0) is 23.2. The van der Waals surface area contributed by atoms with Crippen molar-refractivity contribution >= 4 is 34.9 Å². The maximum Gasteiger partial charge on any atom is 0.352 e. The van der Waals surface area contributed by atoms with Gasteiger partial charge in [-0.05, 0) is 55.9 Å². The molecule has 0 spiro atoms. The molecule has 0 aliphatic carbocycles. The quantitative estimate of drug-likeness (QED) is 0.369. The van der Waals surface area contributed by atoms with E-state index < -0.39 is 5.97 Å². The summed E-state index contributed by atoms with van der Waals surface area (Å²) in [7, 11) is 0. The summed E-state index contributed by atoms with van der Waals surface area (Å²) in [5, 5.41) is 1.07. The molecule has 0 radical (unpaired) electrons. The molecule has 0 unspecified atom stereocenters. The minimum Gasteiger partial charge on any atom is -0.490 e. The van der Waals surface area contributed by atoms with Crippen LogP contribution in [-0.4, -0.2) is 49.7 Å². The lowest BCUT2D eigenvalue weighted by molar-refractivity contribution is -0.210. The molecule has 2 aromatic carbocycles. The Kier molecular flexibility index (Phi) is 8.23. The molecule has 178 valence electrons. The lowest BCUT2D eigenvalue weighted by Crippen LogP contribution is -2.43. The van der Waals surface area contributed by atoms with Crippen LogP contribution in [0.3, 0.4) is 0 Å². The average Bonchev–Trinajstić information content (AvgIpc) is 2.82. The van der Waals surface area contributed by atoms with Crippen molar-refractivity contribution in [2.45, 2.75) is 38.7 Å². The van der Waals surface area contributed by atoms with Crippen molar-refractivity contribution in [2.75, 3.05) is 37.6 Å². The first kappa shape index (κ1) is 24.0. The van der Waals surface area contributed by atoms with Gasteiger partial charge in [0.2, 0.25) is 5.75 Å². The van der Waals surface area contributed by atoms with Crippen molar-refractivity contribution in [3.63, 3.8) is 0 Å². The summed E-state index contributed by atoms with van der Waals surface area (Å²) in [5.74, 6) is 1.58. The molecule has 33 heavy (non-hydrogen) atoms. The summed E-state index contributed by atoms with van der Waals surface area (Å²) in [6.45, 7) is 6.47. The molecule has 0 bridgehead atoms. The number of anilines is 1. The Hall–Kier alpha value is -2.15. The van der Waals surface area contributed by atoms with Gasteiger partial charge in [0, 0.05) is 45.7 Å².